The summed E-state index contributed by atoms with van der Waals surface area (Å²) >= 11 is 0. The number of benzene rings is 1. The van der Waals surface area contributed by atoms with Gasteiger partial charge in [-0.3, -0.25) is 4.79 Å². The first kappa shape index (κ1) is 13.4. The summed E-state index contributed by atoms with van der Waals surface area (Å²) in [5.41, 5.74) is 0.221. The van der Waals surface area contributed by atoms with Crippen LogP contribution in [0.4, 0.5) is 4.39 Å². The second-order valence-corrected chi connectivity index (χ2v) is 4.01. The summed E-state index contributed by atoms with van der Waals surface area (Å²) in [6, 6.07) is 6.82. The fourth-order valence-electron chi connectivity index (χ4n) is 1.68. The Bertz CT molecular complexity index is 527. The van der Waals surface area contributed by atoms with Crippen LogP contribution in [-0.2, 0) is 4.74 Å². The number of carbonyl (C=O) groups is 1. The van der Waals surface area contributed by atoms with Crippen LogP contribution in [0.3, 0.4) is 0 Å². The van der Waals surface area contributed by atoms with Gasteiger partial charge in [-0.15, -0.1) is 0 Å². The van der Waals surface area contributed by atoms with Gasteiger partial charge in [0.1, 0.15) is 0 Å². The number of nitrogens with zero attached hydrogens (tertiary/aromatic N) is 1. The average molecular weight is 263 g/mol. The highest BCUT2D eigenvalue weighted by atomic mass is 19.1. The highest BCUT2D eigenvalue weighted by molar-refractivity contribution is 6.09. The van der Waals surface area contributed by atoms with Crippen LogP contribution in [0.1, 0.15) is 10.4 Å². The molecule has 0 saturated carbocycles. The van der Waals surface area contributed by atoms with Crippen molar-refractivity contribution >= 4 is 5.78 Å². The topological polar surface area (TPSA) is 38.8 Å². The maximum Gasteiger partial charge on any atom is 0.237 e. The van der Waals surface area contributed by atoms with Crippen molar-refractivity contribution in [3.05, 3.63) is 29.6 Å². The van der Waals surface area contributed by atoms with Gasteiger partial charge in [-0.05, 0) is 24.1 Å². The van der Waals surface area contributed by atoms with Gasteiger partial charge in [0.2, 0.25) is 5.78 Å². The van der Waals surface area contributed by atoms with Gasteiger partial charge in [0.15, 0.2) is 11.6 Å². The van der Waals surface area contributed by atoms with Gasteiger partial charge in [0.25, 0.3) is 0 Å². The van der Waals surface area contributed by atoms with Gasteiger partial charge in [-0.25, -0.2) is 4.39 Å². The van der Waals surface area contributed by atoms with E-state index in [0.717, 1.165) is 6.07 Å². The number of hydrogen-bond acceptors (Lipinski definition) is 4. The first-order chi connectivity index (χ1) is 9.20. The molecule has 4 nitrogen and oxygen atoms in total. The van der Waals surface area contributed by atoms with Gasteiger partial charge in [0, 0.05) is 24.7 Å². The Balaban J connectivity index is 2.07. The van der Waals surface area contributed by atoms with Crippen molar-refractivity contribution in [2.75, 3.05) is 33.4 Å². The van der Waals surface area contributed by atoms with Crippen LogP contribution >= 0.6 is 0 Å². The number of ether oxygens (including phenoxy) is 2. The van der Waals surface area contributed by atoms with E-state index in [1.54, 1.807) is 0 Å². The second-order valence-electron chi connectivity index (χ2n) is 4.01. The molecule has 5 heteroatoms. The Morgan fingerprint density at radius 3 is 2.79 bits per heavy atom. The van der Waals surface area contributed by atoms with E-state index in [9.17, 15) is 9.18 Å². The van der Waals surface area contributed by atoms with Crippen LogP contribution in [0.25, 0.3) is 0 Å². The number of Topliss-reactive ketones (excluding diaryl/α,β-unsaturated/α-hetero) is 1. The molecule has 1 aliphatic heterocycles. The first-order valence-electron chi connectivity index (χ1n) is 5.93. The van der Waals surface area contributed by atoms with Crippen molar-refractivity contribution in [2.24, 2.45) is 0 Å². The molecule has 0 aliphatic carbocycles. The van der Waals surface area contributed by atoms with Gasteiger partial charge in [-0.1, -0.05) is 0 Å². The van der Waals surface area contributed by atoms with Crippen LogP contribution in [0.5, 0.6) is 5.75 Å². The van der Waals surface area contributed by atoms with Crippen molar-refractivity contribution in [1.82, 2.24) is 4.90 Å². The molecule has 0 aromatic heterocycles. The zero-order valence-corrected chi connectivity index (χ0v) is 10.6. The number of carbonyl (C=O) groups excluding carboxylic acids is 1. The Morgan fingerprint density at radius 1 is 1.42 bits per heavy atom. The van der Waals surface area contributed by atoms with Crippen molar-refractivity contribution in [3.63, 3.8) is 0 Å². The van der Waals surface area contributed by atoms with Crippen LogP contribution < -0.4 is 4.74 Å². The molecule has 0 spiro atoms. The SMILES string of the molecule is COc1ccc(C(=O)C#CN2CCOCC2)cc1F. The number of morpholine rings is 1. The Morgan fingerprint density at radius 2 is 2.16 bits per heavy atom. The van der Waals surface area contributed by atoms with Gasteiger partial charge < -0.3 is 14.4 Å². The largest absolute Gasteiger partial charge is 0.494 e. The molecule has 0 N–H and O–H groups in total. The van der Waals surface area contributed by atoms with Crippen molar-refractivity contribution < 1.29 is 18.7 Å². The molecule has 0 amide bonds. The predicted molar refractivity (Wildman–Crippen MR) is 67.5 cm³/mol. The lowest BCUT2D eigenvalue weighted by Gasteiger charge is -2.22. The summed E-state index contributed by atoms with van der Waals surface area (Å²) in [5.74, 6) is 1.64. The summed E-state index contributed by atoms with van der Waals surface area (Å²) in [5, 5.41) is 0. The number of rotatable bonds is 2. The normalized spacial score (nSPS) is 14.5. The molecule has 0 unspecified atom stereocenters. The quantitative estimate of drug-likeness (QED) is 0.595. The highest BCUT2D eigenvalue weighted by Crippen LogP contribution is 2.17. The summed E-state index contributed by atoms with van der Waals surface area (Å²) in [6.07, 6.45) is 0. The summed E-state index contributed by atoms with van der Waals surface area (Å²) < 4.78 is 23.4. The van der Waals surface area contributed by atoms with Crippen molar-refractivity contribution in [2.45, 2.75) is 0 Å². The predicted octanol–water partition coefficient (Wildman–Crippen LogP) is 1.31. The van der Waals surface area contributed by atoms with Crippen LogP contribution in [0.15, 0.2) is 18.2 Å². The molecule has 0 radical (unpaired) electrons. The van der Waals surface area contributed by atoms with E-state index in [2.05, 4.69) is 12.0 Å². The highest BCUT2D eigenvalue weighted by Gasteiger charge is 2.09. The zero-order valence-electron chi connectivity index (χ0n) is 10.6. The van der Waals surface area contributed by atoms with E-state index < -0.39 is 11.6 Å². The summed E-state index contributed by atoms with van der Waals surface area (Å²) in [6.45, 7) is 2.58. The third-order valence-corrected chi connectivity index (χ3v) is 2.75. The fourth-order valence-corrected chi connectivity index (χ4v) is 1.68. The molecule has 1 saturated heterocycles. The molecular weight excluding hydrogens is 249 g/mol. The van der Waals surface area contributed by atoms with E-state index in [4.69, 9.17) is 9.47 Å². The molecule has 2 rings (SSSR count). The molecule has 100 valence electrons. The smallest absolute Gasteiger partial charge is 0.237 e. The van der Waals surface area contributed by atoms with Crippen LogP contribution in [-0.4, -0.2) is 44.1 Å². The van der Waals surface area contributed by atoms with E-state index >= 15 is 0 Å². The Hall–Kier alpha value is -2.06. The lowest BCUT2D eigenvalue weighted by Crippen LogP contribution is -2.32. The van der Waals surface area contributed by atoms with E-state index in [1.165, 1.54) is 19.2 Å². The second kappa shape index (κ2) is 6.21. The summed E-state index contributed by atoms with van der Waals surface area (Å²) in [7, 11) is 1.37. The first-order valence-corrected chi connectivity index (χ1v) is 5.93. The lowest BCUT2D eigenvalue weighted by atomic mass is 10.1. The van der Waals surface area contributed by atoms with Crippen molar-refractivity contribution in [3.8, 4) is 17.7 Å². The zero-order chi connectivity index (χ0) is 13.7. The molecule has 19 heavy (non-hydrogen) atoms. The standard InChI is InChI=1S/C14H14FNO3/c1-18-14-3-2-11(10-12(14)15)13(17)4-5-16-6-8-19-9-7-16/h2-3,10H,6-9H2,1H3. The van der Waals surface area contributed by atoms with Gasteiger partial charge >= 0.3 is 0 Å². The summed E-state index contributed by atoms with van der Waals surface area (Å²) in [4.78, 5) is 13.6. The minimum Gasteiger partial charge on any atom is -0.494 e. The molecule has 1 fully saturated rings. The van der Waals surface area contributed by atoms with Crippen LogP contribution in [0, 0.1) is 17.8 Å². The molecule has 1 aliphatic rings. The number of hydrogen-bond donors (Lipinski definition) is 0. The molecule has 1 heterocycles. The maximum absolute atomic E-state index is 13.5. The fraction of sp³-hybridized carbons (Fsp3) is 0.357. The average Bonchev–Trinajstić information content (AvgIpc) is 2.45. The molecule has 1 aromatic rings. The monoisotopic (exact) mass is 263 g/mol. The maximum atomic E-state index is 13.5. The minimum atomic E-state index is -0.568. The molecular formula is C14H14FNO3. The number of halogens is 1. The number of ketones is 1. The van der Waals surface area contributed by atoms with E-state index in [-0.39, 0.29) is 11.3 Å². The van der Waals surface area contributed by atoms with Crippen LogP contribution in [0.2, 0.25) is 0 Å². The van der Waals surface area contributed by atoms with E-state index in [1.807, 2.05) is 4.90 Å². The lowest BCUT2D eigenvalue weighted by molar-refractivity contribution is 0.0637. The third kappa shape index (κ3) is 3.46. The van der Waals surface area contributed by atoms with E-state index in [0.29, 0.717) is 26.3 Å². The molecule has 0 bridgehead atoms. The molecule has 1 aromatic carbocycles. The molecule has 0 atom stereocenters. The van der Waals surface area contributed by atoms with Gasteiger partial charge in [0.05, 0.1) is 20.3 Å². The minimum absolute atomic E-state index is 0.109. The number of methoxy groups -OCH3 is 1. The Kier molecular flexibility index (Phi) is 4.37. The third-order valence-electron chi connectivity index (χ3n) is 2.75. The van der Waals surface area contributed by atoms with Crippen molar-refractivity contribution in [1.29, 1.82) is 0 Å². The van der Waals surface area contributed by atoms with Gasteiger partial charge in [-0.2, -0.15) is 0 Å². The Labute approximate surface area is 111 Å².